The summed E-state index contributed by atoms with van der Waals surface area (Å²) in [4.78, 5) is 0. The lowest BCUT2D eigenvalue weighted by Crippen LogP contribution is -2.28. The quantitative estimate of drug-likeness (QED) is 0.642. The third kappa shape index (κ3) is 6.49. The van der Waals surface area contributed by atoms with Crippen LogP contribution in [0.5, 0.6) is 0 Å². The Morgan fingerprint density at radius 2 is 2.00 bits per heavy atom. The molecular formula is C14H29NO. The second-order valence-corrected chi connectivity index (χ2v) is 5.18. The molecule has 0 aliphatic heterocycles. The number of nitrogens with one attached hydrogen (secondary N) is 1. The molecule has 1 rings (SSSR count). The van der Waals surface area contributed by atoms with Gasteiger partial charge in [0.05, 0.1) is 12.7 Å². The van der Waals surface area contributed by atoms with Gasteiger partial charge in [-0.15, -0.1) is 0 Å². The molecule has 1 unspecified atom stereocenters. The van der Waals surface area contributed by atoms with Crippen molar-refractivity contribution in [1.82, 2.24) is 5.32 Å². The van der Waals surface area contributed by atoms with Gasteiger partial charge in [-0.25, -0.2) is 0 Å². The van der Waals surface area contributed by atoms with Gasteiger partial charge in [-0.05, 0) is 38.6 Å². The summed E-state index contributed by atoms with van der Waals surface area (Å²) in [7, 11) is 0. The fourth-order valence-electron chi connectivity index (χ4n) is 2.52. The van der Waals surface area contributed by atoms with E-state index >= 15 is 0 Å². The molecule has 0 radical (unpaired) electrons. The zero-order chi connectivity index (χ0) is 11.6. The minimum atomic E-state index is 0.432. The third-order valence-corrected chi connectivity index (χ3v) is 3.53. The zero-order valence-electron chi connectivity index (χ0n) is 11.1. The van der Waals surface area contributed by atoms with E-state index < -0.39 is 0 Å². The standard InChI is InChI=1S/C14H29NO/c1-3-7-13(2)16-11-10-15-12-14-8-5-4-6-9-14/h13-15H,3-12H2,1-2H3. The Bertz CT molecular complexity index is 155. The number of hydrogen-bond acceptors (Lipinski definition) is 2. The molecule has 1 saturated carbocycles. The normalized spacial score (nSPS) is 19.9. The average Bonchev–Trinajstić information content (AvgIpc) is 2.30. The van der Waals surface area contributed by atoms with Crippen molar-refractivity contribution in [2.24, 2.45) is 5.92 Å². The molecule has 0 aromatic rings. The van der Waals surface area contributed by atoms with Crippen LogP contribution in [-0.2, 0) is 4.74 Å². The Kier molecular flexibility index (Phi) is 7.87. The lowest BCUT2D eigenvalue weighted by molar-refractivity contribution is 0.0612. The van der Waals surface area contributed by atoms with Gasteiger partial charge in [0.15, 0.2) is 0 Å². The predicted molar refractivity (Wildman–Crippen MR) is 69.8 cm³/mol. The summed E-state index contributed by atoms with van der Waals surface area (Å²) >= 11 is 0. The Hall–Kier alpha value is -0.0800. The van der Waals surface area contributed by atoms with Crippen molar-refractivity contribution in [2.75, 3.05) is 19.7 Å². The molecule has 0 spiro atoms. The van der Waals surface area contributed by atoms with Crippen molar-refractivity contribution in [3.8, 4) is 0 Å². The summed E-state index contributed by atoms with van der Waals surface area (Å²) in [6.45, 7) is 7.47. The summed E-state index contributed by atoms with van der Waals surface area (Å²) < 4.78 is 5.71. The maximum absolute atomic E-state index is 5.71. The maximum atomic E-state index is 5.71. The second-order valence-electron chi connectivity index (χ2n) is 5.18. The van der Waals surface area contributed by atoms with Crippen molar-refractivity contribution >= 4 is 0 Å². The Labute approximate surface area is 101 Å². The van der Waals surface area contributed by atoms with Gasteiger partial charge in [-0.3, -0.25) is 0 Å². The van der Waals surface area contributed by atoms with Crippen LogP contribution in [0.4, 0.5) is 0 Å². The van der Waals surface area contributed by atoms with Crippen LogP contribution in [0, 0.1) is 5.92 Å². The highest BCUT2D eigenvalue weighted by atomic mass is 16.5. The summed E-state index contributed by atoms with van der Waals surface area (Å²) in [5, 5.41) is 3.53. The van der Waals surface area contributed by atoms with Crippen LogP contribution < -0.4 is 5.32 Å². The Morgan fingerprint density at radius 1 is 1.25 bits per heavy atom. The molecule has 0 aromatic heterocycles. The van der Waals surface area contributed by atoms with Crippen LogP contribution >= 0.6 is 0 Å². The van der Waals surface area contributed by atoms with Crippen molar-refractivity contribution in [1.29, 1.82) is 0 Å². The maximum Gasteiger partial charge on any atom is 0.0594 e. The summed E-state index contributed by atoms with van der Waals surface area (Å²) in [5.41, 5.74) is 0. The number of rotatable bonds is 8. The first-order chi connectivity index (χ1) is 7.83. The van der Waals surface area contributed by atoms with Crippen LogP contribution in [-0.4, -0.2) is 25.8 Å². The van der Waals surface area contributed by atoms with E-state index in [0.29, 0.717) is 6.10 Å². The molecule has 0 amide bonds. The SMILES string of the molecule is CCCC(C)OCCNCC1CCCCC1. The molecule has 96 valence electrons. The van der Waals surface area contributed by atoms with Gasteiger partial charge in [0.2, 0.25) is 0 Å². The van der Waals surface area contributed by atoms with E-state index in [0.717, 1.165) is 19.1 Å². The van der Waals surface area contributed by atoms with Crippen LogP contribution in [0.15, 0.2) is 0 Å². The average molecular weight is 227 g/mol. The lowest BCUT2D eigenvalue weighted by atomic mass is 9.89. The molecule has 1 aliphatic rings. The van der Waals surface area contributed by atoms with E-state index in [4.69, 9.17) is 4.74 Å². The highest BCUT2D eigenvalue weighted by Gasteiger charge is 2.12. The lowest BCUT2D eigenvalue weighted by Gasteiger charge is -2.22. The molecule has 1 N–H and O–H groups in total. The van der Waals surface area contributed by atoms with Crippen LogP contribution in [0.3, 0.4) is 0 Å². The molecule has 1 aliphatic carbocycles. The van der Waals surface area contributed by atoms with Gasteiger partial charge >= 0.3 is 0 Å². The molecule has 16 heavy (non-hydrogen) atoms. The number of hydrogen-bond donors (Lipinski definition) is 1. The van der Waals surface area contributed by atoms with Gasteiger partial charge in [0, 0.05) is 6.54 Å². The monoisotopic (exact) mass is 227 g/mol. The van der Waals surface area contributed by atoms with E-state index in [2.05, 4.69) is 19.2 Å². The van der Waals surface area contributed by atoms with E-state index in [-0.39, 0.29) is 0 Å². The van der Waals surface area contributed by atoms with Gasteiger partial charge in [-0.2, -0.15) is 0 Å². The van der Waals surface area contributed by atoms with Crippen molar-refractivity contribution in [3.63, 3.8) is 0 Å². The van der Waals surface area contributed by atoms with Crippen molar-refractivity contribution in [2.45, 2.75) is 64.9 Å². The molecule has 0 saturated heterocycles. The largest absolute Gasteiger partial charge is 0.377 e. The van der Waals surface area contributed by atoms with Crippen LogP contribution in [0.1, 0.15) is 58.8 Å². The van der Waals surface area contributed by atoms with E-state index in [9.17, 15) is 0 Å². The van der Waals surface area contributed by atoms with Gasteiger partial charge in [0.1, 0.15) is 0 Å². The van der Waals surface area contributed by atoms with E-state index in [1.807, 2.05) is 0 Å². The minimum Gasteiger partial charge on any atom is -0.377 e. The fraction of sp³-hybridized carbons (Fsp3) is 1.00. The van der Waals surface area contributed by atoms with Crippen molar-refractivity contribution in [3.05, 3.63) is 0 Å². The van der Waals surface area contributed by atoms with Gasteiger partial charge in [-0.1, -0.05) is 32.6 Å². The molecule has 1 fully saturated rings. The van der Waals surface area contributed by atoms with Crippen LogP contribution in [0.25, 0.3) is 0 Å². The fourth-order valence-corrected chi connectivity index (χ4v) is 2.52. The first kappa shape index (κ1) is 14.0. The molecule has 2 nitrogen and oxygen atoms in total. The highest BCUT2D eigenvalue weighted by molar-refractivity contribution is 4.67. The van der Waals surface area contributed by atoms with Crippen molar-refractivity contribution < 1.29 is 4.74 Å². The highest BCUT2D eigenvalue weighted by Crippen LogP contribution is 2.22. The number of ether oxygens (including phenoxy) is 1. The van der Waals surface area contributed by atoms with E-state index in [1.54, 1.807) is 0 Å². The minimum absolute atomic E-state index is 0.432. The molecule has 0 heterocycles. The molecular weight excluding hydrogens is 198 g/mol. The Balaban J connectivity index is 1.87. The van der Waals surface area contributed by atoms with E-state index in [1.165, 1.54) is 51.5 Å². The Morgan fingerprint density at radius 3 is 2.69 bits per heavy atom. The molecule has 0 aromatic carbocycles. The zero-order valence-corrected chi connectivity index (χ0v) is 11.1. The smallest absolute Gasteiger partial charge is 0.0594 e. The predicted octanol–water partition coefficient (Wildman–Crippen LogP) is 3.36. The van der Waals surface area contributed by atoms with Gasteiger partial charge < -0.3 is 10.1 Å². The molecule has 1 atom stereocenters. The molecule has 0 bridgehead atoms. The summed E-state index contributed by atoms with van der Waals surface area (Å²) in [6.07, 6.45) is 10.0. The van der Waals surface area contributed by atoms with Gasteiger partial charge in [0.25, 0.3) is 0 Å². The third-order valence-electron chi connectivity index (χ3n) is 3.53. The topological polar surface area (TPSA) is 21.3 Å². The first-order valence-electron chi connectivity index (χ1n) is 7.15. The summed E-state index contributed by atoms with van der Waals surface area (Å²) in [5.74, 6) is 0.932. The first-order valence-corrected chi connectivity index (χ1v) is 7.15. The summed E-state index contributed by atoms with van der Waals surface area (Å²) in [6, 6.07) is 0. The second kappa shape index (κ2) is 9.00. The van der Waals surface area contributed by atoms with Crippen LogP contribution in [0.2, 0.25) is 0 Å². The molecule has 2 heteroatoms.